The van der Waals surface area contributed by atoms with E-state index in [4.69, 9.17) is 4.74 Å². The van der Waals surface area contributed by atoms with Gasteiger partial charge in [0, 0.05) is 50.9 Å². The summed E-state index contributed by atoms with van der Waals surface area (Å²) in [7, 11) is 1.59. The number of ether oxygens (including phenoxy) is 1. The summed E-state index contributed by atoms with van der Waals surface area (Å²) in [4.78, 5) is 32.4. The molecule has 3 rings (SSSR count). The number of methoxy groups -OCH3 is 1. The van der Waals surface area contributed by atoms with Crippen molar-refractivity contribution in [2.45, 2.75) is 71.0 Å². The van der Waals surface area contributed by atoms with Gasteiger partial charge in [0.1, 0.15) is 6.61 Å². The molecule has 2 atom stereocenters. The predicted octanol–water partition coefficient (Wildman–Crippen LogP) is 3.44. The molecule has 1 aromatic carbocycles. The molecular formula is C24H37N3O3. The molecule has 2 aliphatic heterocycles. The van der Waals surface area contributed by atoms with Crippen molar-refractivity contribution in [1.82, 2.24) is 9.80 Å². The molecule has 166 valence electrons. The summed E-state index contributed by atoms with van der Waals surface area (Å²) in [6.07, 6.45) is 5.50. The smallest absolute Gasteiger partial charge is 0.249 e. The first-order chi connectivity index (χ1) is 14.6. The molecule has 2 aliphatic rings. The molecule has 0 aliphatic carbocycles. The first-order valence-corrected chi connectivity index (χ1v) is 11.5. The number of rotatable bonds is 5. The third-order valence-electron chi connectivity index (χ3n) is 6.39. The number of nitrogens with zero attached hydrogens (tertiary/aromatic N) is 3. The third-order valence-corrected chi connectivity index (χ3v) is 6.39. The molecule has 2 unspecified atom stereocenters. The summed E-state index contributed by atoms with van der Waals surface area (Å²) in [6.45, 7) is 7.53. The van der Waals surface area contributed by atoms with Crippen molar-refractivity contribution in [3.05, 3.63) is 29.8 Å². The summed E-state index contributed by atoms with van der Waals surface area (Å²) in [5.41, 5.74) is 2.22. The Hall–Kier alpha value is -1.92. The van der Waals surface area contributed by atoms with Crippen molar-refractivity contribution in [2.75, 3.05) is 38.3 Å². The van der Waals surface area contributed by atoms with Crippen LogP contribution in [0.15, 0.2) is 24.3 Å². The number of carbonyl (C=O) groups is 2. The molecule has 0 aromatic heterocycles. The molecule has 6 heteroatoms. The highest BCUT2D eigenvalue weighted by Gasteiger charge is 2.36. The summed E-state index contributed by atoms with van der Waals surface area (Å²) in [5, 5.41) is 0. The number of carbonyl (C=O) groups excluding carboxylic acids is 2. The fourth-order valence-electron chi connectivity index (χ4n) is 5.08. The van der Waals surface area contributed by atoms with E-state index in [0.717, 1.165) is 57.4 Å². The van der Waals surface area contributed by atoms with Crippen molar-refractivity contribution >= 4 is 17.5 Å². The van der Waals surface area contributed by atoms with Crippen LogP contribution in [0, 0.1) is 0 Å². The lowest BCUT2D eigenvalue weighted by Crippen LogP contribution is -2.55. The van der Waals surface area contributed by atoms with Gasteiger partial charge in [0.05, 0.1) is 0 Å². The van der Waals surface area contributed by atoms with Crippen LogP contribution in [0.4, 0.5) is 5.69 Å². The average Bonchev–Trinajstić information content (AvgIpc) is 2.75. The Labute approximate surface area is 181 Å². The zero-order valence-electron chi connectivity index (χ0n) is 18.8. The van der Waals surface area contributed by atoms with E-state index in [1.165, 1.54) is 5.56 Å². The lowest BCUT2D eigenvalue weighted by molar-refractivity contribution is -0.143. The molecule has 0 spiro atoms. The highest BCUT2D eigenvalue weighted by molar-refractivity contribution is 5.94. The van der Waals surface area contributed by atoms with Crippen LogP contribution < -0.4 is 4.90 Å². The molecule has 0 saturated carbocycles. The van der Waals surface area contributed by atoms with E-state index < -0.39 is 0 Å². The predicted molar refractivity (Wildman–Crippen MR) is 119 cm³/mol. The third kappa shape index (κ3) is 5.22. The molecule has 0 radical (unpaired) electrons. The van der Waals surface area contributed by atoms with Gasteiger partial charge in [-0.15, -0.1) is 0 Å². The average molecular weight is 416 g/mol. The monoisotopic (exact) mass is 415 g/mol. The van der Waals surface area contributed by atoms with Gasteiger partial charge in [-0.05, 0) is 50.3 Å². The van der Waals surface area contributed by atoms with Gasteiger partial charge < -0.3 is 14.5 Å². The number of fused-ring (bicyclic) bond motifs is 3. The van der Waals surface area contributed by atoms with E-state index in [2.05, 4.69) is 34.9 Å². The fourth-order valence-corrected chi connectivity index (χ4v) is 5.08. The maximum Gasteiger partial charge on any atom is 0.249 e. The molecule has 6 nitrogen and oxygen atoms in total. The van der Waals surface area contributed by atoms with Crippen LogP contribution in [0.25, 0.3) is 0 Å². The standard InChI is InChI=1S/C24H37N3O3/c1-4-14-25-16-19-9-6-7-12-22(19)26(23(28)5-2)15-13-20-10-8-11-21(17-25)27(20)24(29)18-30-3/h6-7,9,12,20-21H,4-5,8,10-11,13-18H2,1-3H3. The van der Waals surface area contributed by atoms with Gasteiger partial charge in [-0.25, -0.2) is 0 Å². The SMILES string of the molecule is CCCN1Cc2ccccc2N(C(=O)CC)CCC2CCCC(C1)N2C(=O)COC. The highest BCUT2D eigenvalue weighted by Crippen LogP contribution is 2.30. The van der Waals surface area contributed by atoms with Gasteiger partial charge >= 0.3 is 0 Å². The van der Waals surface area contributed by atoms with Crippen molar-refractivity contribution in [1.29, 1.82) is 0 Å². The van der Waals surface area contributed by atoms with E-state index >= 15 is 0 Å². The Morgan fingerprint density at radius 1 is 1.07 bits per heavy atom. The number of hydrogen-bond donors (Lipinski definition) is 0. The van der Waals surface area contributed by atoms with Crippen LogP contribution in [-0.4, -0.2) is 67.0 Å². The number of piperidine rings is 1. The number of para-hydroxylation sites is 1. The Morgan fingerprint density at radius 3 is 2.57 bits per heavy atom. The normalized spacial score (nSPS) is 22.9. The summed E-state index contributed by atoms with van der Waals surface area (Å²) in [6, 6.07) is 8.66. The Bertz CT molecular complexity index is 723. The zero-order valence-corrected chi connectivity index (χ0v) is 18.8. The molecule has 1 aromatic rings. The number of hydrogen-bond acceptors (Lipinski definition) is 4. The van der Waals surface area contributed by atoms with Crippen LogP contribution in [-0.2, 0) is 20.9 Å². The fraction of sp³-hybridized carbons (Fsp3) is 0.667. The van der Waals surface area contributed by atoms with Crippen LogP contribution in [0.1, 0.15) is 57.9 Å². The van der Waals surface area contributed by atoms with E-state index in [0.29, 0.717) is 13.0 Å². The maximum atomic E-state index is 13.0. The minimum absolute atomic E-state index is 0.0776. The summed E-state index contributed by atoms with van der Waals surface area (Å²) in [5.74, 6) is 0.222. The van der Waals surface area contributed by atoms with E-state index in [1.54, 1.807) is 7.11 Å². The van der Waals surface area contributed by atoms with Crippen LogP contribution >= 0.6 is 0 Å². The molecular weight excluding hydrogens is 378 g/mol. The van der Waals surface area contributed by atoms with Gasteiger partial charge in [0.25, 0.3) is 0 Å². The lowest BCUT2D eigenvalue weighted by atomic mass is 9.92. The minimum atomic E-state index is 0.0776. The van der Waals surface area contributed by atoms with E-state index in [1.807, 2.05) is 17.9 Å². The molecule has 0 N–H and O–H groups in total. The van der Waals surface area contributed by atoms with E-state index in [9.17, 15) is 9.59 Å². The summed E-state index contributed by atoms with van der Waals surface area (Å²) >= 11 is 0. The maximum absolute atomic E-state index is 13.0. The zero-order chi connectivity index (χ0) is 21.5. The molecule has 1 saturated heterocycles. The van der Waals surface area contributed by atoms with Gasteiger partial charge in [-0.2, -0.15) is 0 Å². The second-order valence-corrected chi connectivity index (χ2v) is 8.52. The lowest BCUT2D eigenvalue weighted by Gasteiger charge is -2.44. The molecule has 2 bridgehead atoms. The largest absolute Gasteiger partial charge is 0.375 e. The Balaban J connectivity index is 2.00. The second-order valence-electron chi connectivity index (χ2n) is 8.52. The van der Waals surface area contributed by atoms with E-state index in [-0.39, 0.29) is 30.5 Å². The topological polar surface area (TPSA) is 53.1 Å². The molecule has 2 amide bonds. The Morgan fingerprint density at radius 2 is 1.83 bits per heavy atom. The van der Waals surface area contributed by atoms with Gasteiger partial charge in [-0.1, -0.05) is 32.0 Å². The number of anilines is 1. The van der Waals surface area contributed by atoms with Crippen molar-refractivity contribution < 1.29 is 14.3 Å². The second kappa shape index (κ2) is 10.9. The van der Waals surface area contributed by atoms with Crippen LogP contribution in [0.5, 0.6) is 0 Å². The quantitative estimate of drug-likeness (QED) is 0.739. The van der Waals surface area contributed by atoms with Gasteiger partial charge in [0.2, 0.25) is 11.8 Å². The van der Waals surface area contributed by atoms with Crippen molar-refractivity contribution in [3.63, 3.8) is 0 Å². The number of benzene rings is 1. The van der Waals surface area contributed by atoms with Crippen molar-refractivity contribution in [2.24, 2.45) is 0 Å². The van der Waals surface area contributed by atoms with Gasteiger partial charge in [0.15, 0.2) is 0 Å². The van der Waals surface area contributed by atoms with Gasteiger partial charge in [-0.3, -0.25) is 14.5 Å². The Kier molecular flexibility index (Phi) is 8.28. The first kappa shape index (κ1) is 22.8. The summed E-state index contributed by atoms with van der Waals surface area (Å²) < 4.78 is 5.21. The molecule has 30 heavy (non-hydrogen) atoms. The number of amides is 2. The van der Waals surface area contributed by atoms with Crippen molar-refractivity contribution in [3.8, 4) is 0 Å². The highest BCUT2D eigenvalue weighted by atomic mass is 16.5. The molecule has 2 heterocycles. The van der Waals surface area contributed by atoms with Crippen LogP contribution in [0.3, 0.4) is 0 Å². The van der Waals surface area contributed by atoms with Crippen LogP contribution in [0.2, 0.25) is 0 Å². The first-order valence-electron chi connectivity index (χ1n) is 11.5. The molecule has 1 fully saturated rings. The minimum Gasteiger partial charge on any atom is -0.375 e.